The van der Waals surface area contributed by atoms with Crippen molar-refractivity contribution in [1.82, 2.24) is 30.3 Å². The van der Waals surface area contributed by atoms with E-state index in [1.165, 1.54) is 5.56 Å². The highest BCUT2D eigenvalue weighted by Crippen LogP contribution is 2.09. The Morgan fingerprint density at radius 1 is 1.10 bits per heavy atom. The van der Waals surface area contributed by atoms with Crippen molar-refractivity contribution in [2.24, 2.45) is 4.99 Å². The van der Waals surface area contributed by atoms with Crippen LogP contribution in [0, 0.1) is 0 Å². The van der Waals surface area contributed by atoms with Crippen LogP contribution in [0.5, 0.6) is 0 Å². The number of aliphatic imine (C=N–C) groups is 1. The summed E-state index contributed by atoms with van der Waals surface area (Å²) >= 11 is 0. The van der Waals surface area contributed by atoms with Gasteiger partial charge in [-0.25, -0.2) is 14.7 Å². The Morgan fingerprint density at radius 2 is 1.94 bits per heavy atom. The third kappa shape index (κ3) is 7.22. The van der Waals surface area contributed by atoms with E-state index < -0.39 is 0 Å². The average molecular weight is 420 g/mol. The van der Waals surface area contributed by atoms with E-state index in [-0.39, 0.29) is 0 Å². The molecule has 0 amide bonds. The highest BCUT2D eigenvalue weighted by atomic mass is 15.3. The summed E-state index contributed by atoms with van der Waals surface area (Å²) in [5.41, 5.74) is 2.43. The van der Waals surface area contributed by atoms with Crippen LogP contribution >= 0.6 is 0 Å². The van der Waals surface area contributed by atoms with Crippen molar-refractivity contribution < 1.29 is 0 Å². The molecule has 1 aromatic carbocycles. The number of benzene rings is 1. The lowest BCUT2D eigenvalue weighted by atomic mass is 10.1. The summed E-state index contributed by atoms with van der Waals surface area (Å²) in [5.74, 6) is 1.63. The minimum atomic E-state index is 0.465. The first kappa shape index (κ1) is 22.5. The van der Waals surface area contributed by atoms with E-state index in [4.69, 9.17) is 4.99 Å². The Morgan fingerprint density at radius 3 is 2.68 bits per heavy atom. The van der Waals surface area contributed by atoms with Crippen molar-refractivity contribution >= 4 is 5.96 Å². The normalized spacial score (nSPS) is 12.7. The summed E-state index contributed by atoms with van der Waals surface area (Å²) in [6.07, 6.45) is 6.47. The predicted molar refractivity (Wildman–Crippen MR) is 126 cm³/mol. The van der Waals surface area contributed by atoms with Gasteiger partial charge in [0.1, 0.15) is 0 Å². The van der Waals surface area contributed by atoms with Gasteiger partial charge < -0.3 is 10.6 Å². The lowest BCUT2D eigenvalue weighted by Gasteiger charge is -2.25. The molecule has 164 valence electrons. The Balaban J connectivity index is 1.50. The Kier molecular flexibility index (Phi) is 8.60. The van der Waals surface area contributed by atoms with Crippen molar-refractivity contribution in [2.45, 2.75) is 39.4 Å². The molecule has 0 bridgehead atoms. The maximum Gasteiger partial charge on any atom is 0.191 e. The topological polar surface area (TPSA) is 70.4 Å². The third-order valence-corrected chi connectivity index (χ3v) is 5.19. The zero-order valence-electron chi connectivity index (χ0n) is 18.7. The number of hydrogen-bond donors (Lipinski definition) is 2. The molecule has 7 heteroatoms. The molecule has 0 aliphatic heterocycles. The summed E-state index contributed by atoms with van der Waals surface area (Å²) in [7, 11) is 2.18. The van der Waals surface area contributed by atoms with Crippen molar-refractivity contribution in [3.63, 3.8) is 0 Å². The fourth-order valence-corrected chi connectivity index (χ4v) is 3.25. The number of hydrogen-bond acceptors (Lipinski definition) is 4. The van der Waals surface area contributed by atoms with Crippen molar-refractivity contribution in [3.8, 4) is 5.82 Å². The van der Waals surface area contributed by atoms with Gasteiger partial charge in [0.15, 0.2) is 11.8 Å². The molecule has 2 aromatic heterocycles. The number of nitrogens with zero attached hydrogens (tertiary/aromatic N) is 5. The Bertz CT molecular complexity index is 922. The van der Waals surface area contributed by atoms with E-state index in [9.17, 15) is 0 Å². The molecule has 1 unspecified atom stereocenters. The molecule has 0 fully saturated rings. The smallest absolute Gasteiger partial charge is 0.191 e. The summed E-state index contributed by atoms with van der Waals surface area (Å²) in [6, 6.07) is 16.9. The molecule has 0 saturated heterocycles. The van der Waals surface area contributed by atoms with Crippen LogP contribution < -0.4 is 10.6 Å². The average Bonchev–Trinajstić information content (AvgIpc) is 3.33. The highest BCUT2D eigenvalue weighted by molar-refractivity contribution is 5.79. The summed E-state index contributed by atoms with van der Waals surface area (Å²) in [5, 5.41) is 11.0. The van der Waals surface area contributed by atoms with Crippen LogP contribution in [0.4, 0.5) is 0 Å². The lowest BCUT2D eigenvalue weighted by molar-refractivity contribution is 0.238. The Hall–Kier alpha value is -3.19. The molecule has 0 spiro atoms. The number of aromatic nitrogens is 3. The van der Waals surface area contributed by atoms with Gasteiger partial charge in [-0.3, -0.25) is 4.90 Å². The van der Waals surface area contributed by atoms with Gasteiger partial charge in [-0.2, -0.15) is 5.10 Å². The molecule has 3 rings (SSSR count). The molecular formula is C24H33N7. The largest absolute Gasteiger partial charge is 0.357 e. The van der Waals surface area contributed by atoms with Crippen molar-refractivity contribution in [1.29, 1.82) is 0 Å². The molecule has 0 aliphatic carbocycles. The van der Waals surface area contributed by atoms with E-state index in [1.54, 1.807) is 17.1 Å². The van der Waals surface area contributed by atoms with Crippen LogP contribution in [-0.2, 0) is 13.1 Å². The first-order chi connectivity index (χ1) is 15.2. The molecule has 7 nitrogen and oxygen atoms in total. The second kappa shape index (κ2) is 11.9. The monoisotopic (exact) mass is 419 g/mol. The molecule has 31 heavy (non-hydrogen) atoms. The summed E-state index contributed by atoms with van der Waals surface area (Å²) in [6.45, 7) is 7.57. The number of rotatable bonds is 10. The van der Waals surface area contributed by atoms with Gasteiger partial charge in [0.05, 0.1) is 6.54 Å². The van der Waals surface area contributed by atoms with E-state index in [0.717, 1.165) is 43.4 Å². The first-order valence-corrected chi connectivity index (χ1v) is 10.9. The maximum atomic E-state index is 4.74. The summed E-state index contributed by atoms with van der Waals surface area (Å²) in [4.78, 5) is 11.5. The van der Waals surface area contributed by atoms with Gasteiger partial charge >= 0.3 is 0 Å². The molecule has 0 aliphatic rings. The van der Waals surface area contributed by atoms with Crippen molar-refractivity contribution in [3.05, 3.63) is 78.2 Å². The van der Waals surface area contributed by atoms with Crippen molar-refractivity contribution in [2.75, 3.05) is 20.1 Å². The molecule has 3 aromatic rings. The number of guanidine groups is 1. The standard InChI is InChI=1S/C24H33N7/c1-4-25-24(27-14-11-20(2)30(3)19-21-9-6-5-7-10-21)28-18-22-12-15-26-23(17-22)31-16-8-13-29-31/h5-10,12-13,15-17,20H,4,11,14,18-19H2,1-3H3,(H2,25,27,28). The third-order valence-electron chi connectivity index (χ3n) is 5.19. The second-order valence-electron chi connectivity index (χ2n) is 7.63. The molecule has 2 N–H and O–H groups in total. The zero-order chi connectivity index (χ0) is 21.9. The van der Waals surface area contributed by atoms with Crippen LogP contribution in [0.2, 0.25) is 0 Å². The second-order valence-corrected chi connectivity index (χ2v) is 7.63. The van der Waals surface area contributed by atoms with E-state index in [1.807, 2.05) is 24.4 Å². The zero-order valence-corrected chi connectivity index (χ0v) is 18.7. The molecule has 1 atom stereocenters. The van der Waals surface area contributed by atoms with Crippen LogP contribution in [0.1, 0.15) is 31.4 Å². The minimum absolute atomic E-state index is 0.465. The minimum Gasteiger partial charge on any atom is -0.357 e. The predicted octanol–water partition coefficient (Wildman–Crippen LogP) is 3.23. The summed E-state index contributed by atoms with van der Waals surface area (Å²) < 4.78 is 1.75. The van der Waals surface area contributed by atoms with Gasteiger partial charge in [-0.05, 0) is 56.6 Å². The van der Waals surface area contributed by atoms with Crippen LogP contribution in [0.15, 0.2) is 72.1 Å². The molecule has 0 saturated carbocycles. The number of nitrogens with one attached hydrogen (secondary N) is 2. The van der Waals surface area contributed by atoms with E-state index in [2.05, 4.69) is 76.8 Å². The fraction of sp³-hybridized carbons (Fsp3) is 0.375. The lowest BCUT2D eigenvalue weighted by Crippen LogP contribution is -2.40. The fourth-order valence-electron chi connectivity index (χ4n) is 3.25. The van der Waals surface area contributed by atoms with Gasteiger partial charge in [0.25, 0.3) is 0 Å². The van der Waals surface area contributed by atoms with Gasteiger partial charge in [0, 0.05) is 44.3 Å². The van der Waals surface area contributed by atoms with E-state index >= 15 is 0 Å². The number of pyridine rings is 1. The van der Waals surface area contributed by atoms with Crippen LogP contribution in [0.3, 0.4) is 0 Å². The van der Waals surface area contributed by atoms with Gasteiger partial charge in [-0.1, -0.05) is 30.3 Å². The Labute approximate surface area is 185 Å². The molecule has 2 heterocycles. The maximum absolute atomic E-state index is 4.74. The SMILES string of the molecule is CCNC(=NCc1ccnc(-n2cccn2)c1)NCCC(C)N(C)Cc1ccccc1. The molecular weight excluding hydrogens is 386 g/mol. The quantitative estimate of drug-likeness (QED) is 0.390. The van der Waals surface area contributed by atoms with Crippen LogP contribution in [0.25, 0.3) is 5.82 Å². The highest BCUT2D eigenvalue weighted by Gasteiger charge is 2.10. The van der Waals surface area contributed by atoms with Gasteiger partial charge in [0.2, 0.25) is 0 Å². The van der Waals surface area contributed by atoms with E-state index in [0.29, 0.717) is 12.6 Å². The van der Waals surface area contributed by atoms with Gasteiger partial charge in [-0.15, -0.1) is 0 Å². The van der Waals surface area contributed by atoms with Crippen LogP contribution in [-0.4, -0.2) is 51.8 Å². The molecule has 0 radical (unpaired) electrons. The first-order valence-electron chi connectivity index (χ1n) is 10.9.